The molecule has 3 aromatic heterocycles. The van der Waals surface area contributed by atoms with Crippen molar-refractivity contribution >= 4 is 33.9 Å². The molecule has 140 valence electrons. The molecular weight excluding hydrogens is 364 g/mol. The van der Waals surface area contributed by atoms with Crippen LogP contribution in [0.15, 0.2) is 24.7 Å². The van der Waals surface area contributed by atoms with E-state index in [1.54, 1.807) is 23.0 Å². The second-order valence-electron chi connectivity index (χ2n) is 6.77. The van der Waals surface area contributed by atoms with Gasteiger partial charge < -0.3 is 10.1 Å². The van der Waals surface area contributed by atoms with Crippen LogP contribution in [-0.2, 0) is 17.6 Å². The Morgan fingerprint density at radius 3 is 2.93 bits per heavy atom. The van der Waals surface area contributed by atoms with E-state index in [4.69, 9.17) is 4.74 Å². The minimum atomic E-state index is -0.377. The Bertz CT molecular complexity index is 1020. The number of amides is 1. The number of rotatable bonds is 4. The SMILES string of the molecule is CC(C)OC(=O)c1c(NC(=O)c2cnn3cccnc23)sc2c1CCCC2. The summed E-state index contributed by atoms with van der Waals surface area (Å²) in [7, 11) is 0. The first kappa shape index (κ1) is 17.7. The summed E-state index contributed by atoms with van der Waals surface area (Å²) < 4.78 is 6.98. The average Bonchev–Trinajstić information content (AvgIpc) is 3.22. The third-order valence-electron chi connectivity index (χ3n) is 4.47. The summed E-state index contributed by atoms with van der Waals surface area (Å²) in [5.41, 5.74) is 2.36. The fourth-order valence-electron chi connectivity index (χ4n) is 3.30. The fraction of sp³-hybridized carbons (Fsp3) is 0.368. The first-order valence-electron chi connectivity index (χ1n) is 9.00. The molecule has 1 N–H and O–H groups in total. The van der Waals surface area contributed by atoms with E-state index in [2.05, 4.69) is 15.4 Å². The Kier molecular flexibility index (Phi) is 4.65. The highest BCUT2D eigenvalue weighted by atomic mass is 32.1. The third kappa shape index (κ3) is 3.32. The van der Waals surface area contributed by atoms with Crippen LogP contribution in [0.4, 0.5) is 5.00 Å². The molecule has 0 bridgehead atoms. The van der Waals surface area contributed by atoms with Gasteiger partial charge in [-0.15, -0.1) is 11.3 Å². The van der Waals surface area contributed by atoms with Crippen molar-refractivity contribution in [3.8, 4) is 0 Å². The maximum Gasteiger partial charge on any atom is 0.341 e. The van der Waals surface area contributed by atoms with Gasteiger partial charge in [-0.05, 0) is 51.2 Å². The van der Waals surface area contributed by atoms with Crippen molar-refractivity contribution in [3.05, 3.63) is 46.2 Å². The molecule has 8 heteroatoms. The first-order chi connectivity index (χ1) is 13.0. The van der Waals surface area contributed by atoms with Gasteiger partial charge in [0.2, 0.25) is 0 Å². The number of thiophene rings is 1. The van der Waals surface area contributed by atoms with Gasteiger partial charge in [0, 0.05) is 17.3 Å². The fourth-order valence-corrected chi connectivity index (χ4v) is 4.57. The highest BCUT2D eigenvalue weighted by molar-refractivity contribution is 7.17. The van der Waals surface area contributed by atoms with Crippen LogP contribution >= 0.6 is 11.3 Å². The molecule has 7 nitrogen and oxygen atoms in total. The van der Waals surface area contributed by atoms with Crippen molar-refractivity contribution in [1.82, 2.24) is 14.6 Å². The van der Waals surface area contributed by atoms with Crippen LogP contribution < -0.4 is 5.32 Å². The zero-order valence-electron chi connectivity index (χ0n) is 15.2. The second-order valence-corrected chi connectivity index (χ2v) is 7.87. The lowest BCUT2D eigenvalue weighted by Crippen LogP contribution is -2.18. The highest BCUT2D eigenvalue weighted by Gasteiger charge is 2.28. The molecule has 0 radical (unpaired) electrons. The maximum absolute atomic E-state index is 12.8. The summed E-state index contributed by atoms with van der Waals surface area (Å²) >= 11 is 1.47. The number of nitrogens with zero attached hydrogens (tertiary/aromatic N) is 3. The normalized spacial score (nSPS) is 13.6. The Hall–Kier alpha value is -2.74. The minimum absolute atomic E-state index is 0.219. The van der Waals surface area contributed by atoms with Gasteiger partial charge in [-0.3, -0.25) is 4.79 Å². The Morgan fingerprint density at radius 2 is 2.11 bits per heavy atom. The van der Waals surface area contributed by atoms with Crippen LogP contribution in [0, 0.1) is 0 Å². The van der Waals surface area contributed by atoms with Crippen LogP contribution in [0.5, 0.6) is 0 Å². The molecule has 27 heavy (non-hydrogen) atoms. The molecule has 3 aromatic rings. The van der Waals surface area contributed by atoms with Crippen molar-refractivity contribution in [2.24, 2.45) is 0 Å². The van der Waals surface area contributed by atoms with Crippen molar-refractivity contribution in [3.63, 3.8) is 0 Å². The third-order valence-corrected chi connectivity index (χ3v) is 5.68. The van der Waals surface area contributed by atoms with E-state index in [0.29, 0.717) is 21.8 Å². The quantitative estimate of drug-likeness (QED) is 0.696. The molecule has 0 fully saturated rings. The molecule has 4 rings (SSSR count). The van der Waals surface area contributed by atoms with Crippen LogP contribution in [0.3, 0.4) is 0 Å². The topological polar surface area (TPSA) is 85.6 Å². The second kappa shape index (κ2) is 7.11. The molecule has 0 aromatic carbocycles. The zero-order valence-corrected chi connectivity index (χ0v) is 16.0. The van der Waals surface area contributed by atoms with Gasteiger partial charge >= 0.3 is 5.97 Å². The standard InChI is InChI=1S/C19H20N4O3S/c1-11(2)26-19(25)15-12-6-3-4-7-14(12)27-18(15)22-17(24)13-10-21-23-9-5-8-20-16(13)23/h5,8-11H,3-4,6-7H2,1-2H3,(H,22,24). The van der Waals surface area contributed by atoms with E-state index < -0.39 is 0 Å². The average molecular weight is 384 g/mol. The lowest BCUT2D eigenvalue weighted by Gasteiger charge is -2.14. The van der Waals surface area contributed by atoms with Crippen molar-refractivity contribution in [1.29, 1.82) is 0 Å². The Morgan fingerprint density at radius 1 is 1.30 bits per heavy atom. The lowest BCUT2D eigenvalue weighted by atomic mass is 9.95. The molecule has 0 unspecified atom stereocenters. The number of fused-ring (bicyclic) bond motifs is 2. The van der Waals surface area contributed by atoms with Crippen LogP contribution in [-0.4, -0.2) is 32.6 Å². The number of aromatic nitrogens is 3. The molecule has 0 atom stereocenters. The Balaban J connectivity index is 1.69. The lowest BCUT2D eigenvalue weighted by molar-refractivity contribution is 0.0378. The van der Waals surface area contributed by atoms with E-state index in [9.17, 15) is 9.59 Å². The van der Waals surface area contributed by atoms with Crippen molar-refractivity contribution < 1.29 is 14.3 Å². The molecule has 0 saturated heterocycles. The Labute approximate surface area is 160 Å². The van der Waals surface area contributed by atoms with Gasteiger partial charge in [0.25, 0.3) is 5.91 Å². The maximum atomic E-state index is 12.8. The minimum Gasteiger partial charge on any atom is -0.459 e. The molecule has 0 aliphatic heterocycles. The smallest absolute Gasteiger partial charge is 0.341 e. The summed E-state index contributed by atoms with van der Waals surface area (Å²) in [6.07, 6.45) is 8.51. The van der Waals surface area contributed by atoms with Crippen LogP contribution in [0.25, 0.3) is 5.65 Å². The van der Waals surface area contributed by atoms with Crippen LogP contribution in [0.2, 0.25) is 0 Å². The molecule has 3 heterocycles. The van der Waals surface area contributed by atoms with Crippen LogP contribution in [0.1, 0.15) is 57.8 Å². The number of carbonyl (C=O) groups is 2. The number of hydrogen-bond donors (Lipinski definition) is 1. The number of ether oxygens (including phenoxy) is 1. The molecule has 0 spiro atoms. The monoisotopic (exact) mass is 384 g/mol. The number of nitrogens with one attached hydrogen (secondary N) is 1. The molecule has 0 saturated carbocycles. The molecule has 1 amide bonds. The summed E-state index contributed by atoms with van der Waals surface area (Å²) in [6.45, 7) is 3.64. The predicted molar refractivity (Wildman–Crippen MR) is 102 cm³/mol. The van der Waals surface area contributed by atoms with E-state index in [1.807, 2.05) is 13.8 Å². The first-order valence-corrected chi connectivity index (χ1v) is 9.81. The van der Waals surface area contributed by atoms with E-state index >= 15 is 0 Å². The number of hydrogen-bond acceptors (Lipinski definition) is 6. The van der Waals surface area contributed by atoms with Gasteiger partial charge in [-0.1, -0.05) is 0 Å². The molecule has 1 aliphatic carbocycles. The summed E-state index contributed by atoms with van der Waals surface area (Å²) in [5, 5.41) is 7.60. The van der Waals surface area contributed by atoms with Gasteiger partial charge in [0.1, 0.15) is 10.6 Å². The van der Waals surface area contributed by atoms with Gasteiger partial charge in [-0.2, -0.15) is 5.10 Å². The largest absolute Gasteiger partial charge is 0.459 e. The van der Waals surface area contributed by atoms with Crippen molar-refractivity contribution in [2.75, 3.05) is 5.32 Å². The number of anilines is 1. The number of carbonyl (C=O) groups excluding carboxylic acids is 2. The van der Waals surface area contributed by atoms with Gasteiger partial charge in [0.05, 0.1) is 17.9 Å². The highest BCUT2D eigenvalue weighted by Crippen LogP contribution is 2.39. The molecular formula is C19H20N4O3S. The number of aryl methyl sites for hydroxylation is 1. The van der Waals surface area contributed by atoms with Gasteiger partial charge in [0.15, 0.2) is 5.65 Å². The van der Waals surface area contributed by atoms with E-state index in [-0.39, 0.29) is 18.0 Å². The van der Waals surface area contributed by atoms with Gasteiger partial charge in [-0.25, -0.2) is 14.3 Å². The zero-order chi connectivity index (χ0) is 19.0. The summed E-state index contributed by atoms with van der Waals surface area (Å²) in [5.74, 6) is -0.710. The van der Waals surface area contributed by atoms with E-state index in [1.165, 1.54) is 17.5 Å². The predicted octanol–water partition coefficient (Wildman–Crippen LogP) is 3.49. The summed E-state index contributed by atoms with van der Waals surface area (Å²) in [6, 6.07) is 1.75. The summed E-state index contributed by atoms with van der Waals surface area (Å²) in [4.78, 5) is 30.9. The van der Waals surface area contributed by atoms with E-state index in [0.717, 1.165) is 36.1 Å². The molecule has 1 aliphatic rings. The van der Waals surface area contributed by atoms with Crippen molar-refractivity contribution in [2.45, 2.75) is 45.6 Å². The number of esters is 1.